The Balaban J connectivity index is 1.65. The van der Waals surface area contributed by atoms with Crippen molar-refractivity contribution in [1.29, 1.82) is 0 Å². The number of benzene rings is 1. The van der Waals surface area contributed by atoms with Gasteiger partial charge in [-0.1, -0.05) is 43.8 Å². The molecule has 0 aliphatic heterocycles. The predicted octanol–water partition coefficient (Wildman–Crippen LogP) is 4.67. The van der Waals surface area contributed by atoms with Gasteiger partial charge in [0, 0.05) is 12.3 Å². The number of para-hydroxylation sites is 1. The van der Waals surface area contributed by atoms with Gasteiger partial charge in [-0.15, -0.1) is 10.2 Å². The Morgan fingerprint density at radius 3 is 2.72 bits per heavy atom. The molecular weight excluding hydrogens is 334 g/mol. The van der Waals surface area contributed by atoms with Gasteiger partial charge in [-0.2, -0.15) is 0 Å². The third-order valence-corrected chi connectivity index (χ3v) is 4.60. The van der Waals surface area contributed by atoms with E-state index in [0.29, 0.717) is 12.5 Å². The fourth-order valence-corrected chi connectivity index (χ4v) is 3.28. The van der Waals surface area contributed by atoms with Gasteiger partial charge in [-0.3, -0.25) is 4.57 Å². The molecule has 0 saturated heterocycles. The number of thioether (sulfide) groups is 1. The first-order valence-corrected chi connectivity index (χ1v) is 9.42. The van der Waals surface area contributed by atoms with Gasteiger partial charge in [0.05, 0.1) is 12.9 Å². The van der Waals surface area contributed by atoms with Gasteiger partial charge in [0.25, 0.3) is 0 Å². The van der Waals surface area contributed by atoms with Crippen LogP contribution in [0, 0.1) is 12.8 Å². The molecule has 3 rings (SSSR count). The van der Waals surface area contributed by atoms with E-state index in [9.17, 15) is 0 Å². The van der Waals surface area contributed by atoms with Crippen LogP contribution in [0.5, 0.6) is 5.75 Å². The number of rotatable bonds is 8. The van der Waals surface area contributed by atoms with Crippen molar-refractivity contribution in [2.45, 2.75) is 32.5 Å². The van der Waals surface area contributed by atoms with Gasteiger partial charge in [-0.05, 0) is 36.6 Å². The van der Waals surface area contributed by atoms with E-state index in [1.165, 1.54) is 0 Å². The summed E-state index contributed by atoms with van der Waals surface area (Å²) in [6.07, 6.45) is 1.66. The zero-order valence-corrected chi connectivity index (χ0v) is 15.6. The standard InChI is InChI=1S/C19H23N3O2S/c1-14(2)13-22-18(17-9-6-10-23-17)20-21-19(22)25-12-11-24-16-8-5-4-7-15(16)3/h4-10,14H,11-13H2,1-3H3. The highest BCUT2D eigenvalue weighted by molar-refractivity contribution is 7.99. The zero-order valence-electron chi connectivity index (χ0n) is 14.8. The number of nitrogens with zero attached hydrogens (tertiary/aromatic N) is 3. The molecule has 0 fully saturated rings. The monoisotopic (exact) mass is 357 g/mol. The normalized spacial score (nSPS) is 11.2. The van der Waals surface area contributed by atoms with Crippen molar-refractivity contribution in [3.63, 3.8) is 0 Å². The van der Waals surface area contributed by atoms with E-state index in [2.05, 4.69) is 41.6 Å². The SMILES string of the molecule is Cc1ccccc1OCCSc1nnc(-c2ccco2)n1CC(C)C. The van der Waals surface area contributed by atoms with E-state index in [0.717, 1.165) is 40.4 Å². The second-order valence-corrected chi connectivity index (χ2v) is 7.31. The molecule has 0 spiro atoms. The van der Waals surface area contributed by atoms with Crippen molar-refractivity contribution in [1.82, 2.24) is 14.8 Å². The van der Waals surface area contributed by atoms with Crippen molar-refractivity contribution in [3.05, 3.63) is 48.2 Å². The molecule has 2 heterocycles. The Labute approximate surface area is 152 Å². The lowest BCUT2D eigenvalue weighted by Crippen LogP contribution is -2.09. The van der Waals surface area contributed by atoms with Crippen LogP contribution in [-0.4, -0.2) is 27.1 Å². The van der Waals surface area contributed by atoms with Gasteiger partial charge < -0.3 is 9.15 Å². The largest absolute Gasteiger partial charge is 0.492 e. The maximum absolute atomic E-state index is 5.86. The molecule has 0 unspecified atom stereocenters. The molecule has 2 aromatic heterocycles. The van der Waals surface area contributed by atoms with E-state index in [-0.39, 0.29) is 0 Å². The van der Waals surface area contributed by atoms with Gasteiger partial charge in [0.2, 0.25) is 0 Å². The lowest BCUT2D eigenvalue weighted by atomic mass is 10.2. The summed E-state index contributed by atoms with van der Waals surface area (Å²) in [5, 5.41) is 9.56. The maximum atomic E-state index is 5.86. The molecular formula is C19H23N3O2S. The molecule has 0 aliphatic rings. The van der Waals surface area contributed by atoms with E-state index >= 15 is 0 Å². The number of aromatic nitrogens is 3. The maximum Gasteiger partial charge on any atom is 0.200 e. The zero-order chi connectivity index (χ0) is 17.6. The number of furan rings is 1. The second kappa shape index (κ2) is 8.25. The topological polar surface area (TPSA) is 53.1 Å². The fourth-order valence-electron chi connectivity index (χ4n) is 2.52. The molecule has 0 aliphatic carbocycles. The summed E-state index contributed by atoms with van der Waals surface area (Å²) in [7, 11) is 0. The van der Waals surface area contributed by atoms with Crippen LogP contribution in [0.1, 0.15) is 19.4 Å². The third kappa shape index (κ3) is 4.45. The molecule has 0 N–H and O–H groups in total. The minimum absolute atomic E-state index is 0.493. The van der Waals surface area contributed by atoms with Crippen LogP contribution < -0.4 is 4.74 Å². The van der Waals surface area contributed by atoms with Crippen LogP contribution in [0.25, 0.3) is 11.6 Å². The predicted molar refractivity (Wildman–Crippen MR) is 100.0 cm³/mol. The molecule has 0 amide bonds. The van der Waals surface area contributed by atoms with Gasteiger partial charge in [-0.25, -0.2) is 0 Å². The summed E-state index contributed by atoms with van der Waals surface area (Å²) in [6.45, 7) is 7.89. The lowest BCUT2D eigenvalue weighted by Gasteiger charge is -2.12. The van der Waals surface area contributed by atoms with E-state index in [1.807, 2.05) is 30.3 Å². The molecule has 0 saturated carbocycles. The highest BCUT2D eigenvalue weighted by atomic mass is 32.2. The van der Waals surface area contributed by atoms with Crippen LogP contribution in [0.2, 0.25) is 0 Å². The molecule has 6 heteroatoms. The van der Waals surface area contributed by atoms with E-state index in [1.54, 1.807) is 18.0 Å². The average Bonchev–Trinajstić information content (AvgIpc) is 3.23. The molecule has 0 atom stereocenters. The van der Waals surface area contributed by atoms with Crippen LogP contribution >= 0.6 is 11.8 Å². The molecule has 5 nitrogen and oxygen atoms in total. The molecule has 0 bridgehead atoms. The average molecular weight is 357 g/mol. The first-order chi connectivity index (χ1) is 12.1. The van der Waals surface area contributed by atoms with Crippen LogP contribution in [0.15, 0.2) is 52.2 Å². The first-order valence-electron chi connectivity index (χ1n) is 8.43. The third-order valence-electron chi connectivity index (χ3n) is 3.67. The Bertz CT molecular complexity index is 797. The van der Waals surface area contributed by atoms with E-state index in [4.69, 9.17) is 9.15 Å². The minimum Gasteiger partial charge on any atom is -0.492 e. The second-order valence-electron chi connectivity index (χ2n) is 6.25. The lowest BCUT2D eigenvalue weighted by molar-refractivity contribution is 0.341. The van der Waals surface area contributed by atoms with Gasteiger partial charge in [0.15, 0.2) is 16.7 Å². The van der Waals surface area contributed by atoms with Crippen molar-refractivity contribution >= 4 is 11.8 Å². The first kappa shape index (κ1) is 17.6. The summed E-state index contributed by atoms with van der Waals surface area (Å²) in [6, 6.07) is 11.8. The smallest absolute Gasteiger partial charge is 0.200 e. The summed E-state index contributed by atoms with van der Waals surface area (Å²) in [5.41, 5.74) is 1.15. The highest BCUT2D eigenvalue weighted by Crippen LogP contribution is 2.25. The van der Waals surface area contributed by atoms with E-state index < -0.39 is 0 Å². The quantitative estimate of drug-likeness (QED) is 0.433. The van der Waals surface area contributed by atoms with Crippen LogP contribution in [0.4, 0.5) is 0 Å². The Morgan fingerprint density at radius 1 is 1.16 bits per heavy atom. The Hall–Kier alpha value is -2.21. The van der Waals surface area contributed by atoms with Crippen LogP contribution in [0.3, 0.4) is 0 Å². The van der Waals surface area contributed by atoms with Gasteiger partial charge in [0.1, 0.15) is 5.75 Å². The summed E-state index contributed by atoms with van der Waals surface area (Å²) in [5.74, 6) is 3.76. The molecule has 132 valence electrons. The van der Waals surface area contributed by atoms with Crippen LogP contribution in [-0.2, 0) is 6.54 Å². The fraction of sp³-hybridized carbons (Fsp3) is 0.368. The van der Waals surface area contributed by atoms with Crippen molar-refractivity contribution < 1.29 is 9.15 Å². The Morgan fingerprint density at radius 2 is 2.00 bits per heavy atom. The molecule has 3 aromatic rings. The van der Waals surface area contributed by atoms with Crippen molar-refractivity contribution in [2.75, 3.05) is 12.4 Å². The molecule has 25 heavy (non-hydrogen) atoms. The van der Waals surface area contributed by atoms with Gasteiger partial charge >= 0.3 is 0 Å². The number of aryl methyl sites for hydroxylation is 1. The highest BCUT2D eigenvalue weighted by Gasteiger charge is 2.17. The molecule has 0 radical (unpaired) electrons. The van der Waals surface area contributed by atoms with Crippen molar-refractivity contribution in [3.8, 4) is 17.3 Å². The minimum atomic E-state index is 0.493. The number of ether oxygens (including phenoxy) is 1. The van der Waals surface area contributed by atoms with Crippen molar-refractivity contribution in [2.24, 2.45) is 5.92 Å². The summed E-state index contributed by atoms with van der Waals surface area (Å²) >= 11 is 1.65. The number of hydrogen-bond donors (Lipinski definition) is 0. The summed E-state index contributed by atoms with van der Waals surface area (Å²) in [4.78, 5) is 0. The number of hydrogen-bond acceptors (Lipinski definition) is 5. The Kier molecular flexibility index (Phi) is 5.81. The molecule has 1 aromatic carbocycles. The summed E-state index contributed by atoms with van der Waals surface area (Å²) < 4.78 is 13.5.